The van der Waals surface area contributed by atoms with Crippen LogP contribution in [0.3, 0.4) is 0 Å². The van der Waals surface area contributed by atoms with E-state index in [1.165, 1.54) is 11.5 Å². The van der Waals surface area contributed by atoms with Crippen LogP contribution in [0.25, 0.3) is 10.1 Å². The molecule has 0 atom stereocenters. The molecule has 0 bridgehead atoms. The van der Waals surface area contributed by atoms with Gasteiger partial charge >= 0.3 is 0 Å². The van der Waals surface area contributed by atoms with Crippen molar-refractivity contribution in [1.82, 2.24) is 9.27 Å². The second-order valence-corrected chi connectivity index (χ2v) is 5.38. The zero-order valence-electron chi connectivity index (χ0n) is 10.3. The standard InChI is InChI=1S/C13H13N3O2S/c17-12(8-16-5-1-2-13(16)18)15-10-3-4-11-9(6-10)7-14-19-11/h3-4,6-7H,1-2,5,8H2,(H,15,17). The van der Waals surface area contributed by atoms with Crippen molar-refractivity contribution in [3.63, 3.8) is 0 Å². The molecule has 2 aromatic rings. The number of carbonyl (C=O) groups excluding carboxylic acids is 2. The third-order valence-corrected chi connectivity index (χ3v) is 3.92. The predicted octanol–water partition coefficient (Wildman–Crippen LogP) is 1.86. The molecule has 0 saturated carbocycles. The Kier molecular flexibility index (Phi) is 3.16. The van der Waals surface area contributed by atoms with E-state index < -0.39 is 0 Å². The van der Waals surface area contributed by atoms with Gasteiger partial charge < -0.3 is 10.2 Å². The molecule has 3 rings (SSSR count). The van der Waals surface area contributed by atoms with Crippen molar-refractivity contribution in [3.05, 3.63) is 24.4 Å². The number of nitrogens with one attached hydrogen (secondary N) is 1. The van der Waals surface area contributed by atoms with Gasteiger partial charge in [-0.3, -0.25) is 9.59 Å². The minimum Gasteiger partial charge on any atom is -0.333 e. The smallest absolute Gasteiger partial charge is 0.243 e. The largest absolute Gasteiger partial charge is 0.333 e. The van der Waals surface area contributed by atoms with Crippen molar-refractivity contribution in [3.8, 4) is 0 Å². The molecule has 2 heterocycles. The number of nitrogens with zero attached hydrogens (tertiary/aromatic N) is 2. The predicted molar refractivity (Wildman–Crippen MR) is 74.1 cm³/mol. The zero-order valence-corrected chi connectivity index (χ0v) is 11.1. The molecule has 0 unspecified atom stereocenters. The third-order valence-electron chi connectivity index (χ3n) is 3.14. The Labute approximate surface area is 114 Å². The van der Waals surface area contributed by atoms with E-state index in [4.69, 9.17) is 0 Å². The number of aromatic nitrogens is 1. The maximum absolute atomic E-state index is 11.9. The Hall–Kier alpha value is -1.95. The maximum Gasteiger partial charge on any atom is 0.243 e. The van der Waals surface area contributed by atoms with Crippen molar-refractivity contribution >= 4 is 39.1 Å². The lowest BCUT2D eigenvalue weighted by Gasteiger charge is -2.14. The number of hydrogen-bond acceptors (Lipinski definition) is 4. The Morgan fingerprint density at radius 1 is 1.47 bits per heavy atom. The molecule has 1 fully saturated rings. The highest BCUT2D eigenvalue weighted by molar-refractivity contribution is 7.13. The molecule has 1 aromatic heterocycles. The van der Waals surface area contributed by atoms with Gasteiger partial charge in [0, 0.05) is 30.2 Å². The molecule has 0 radical (unpaired) electrons. The fourth-order valence-electron chi connectivity index (χ4n) is 2.20. The molecule has 0 spiro atoms. The molecule has 98 valence electrons. The first-order valence-electron chi connectivity index (χ1n) is 6.14. The number of fused-ring (bicyclic) bond motifs is 1. The first kappa shape index (κ1) is 12.1. The fraction of sp³-hybridized carbons (Fsp3) is 0.308. The van der Waals surface area contributed by atoms with Crippen LogP contribution in [0.15, 0.2) is 24.4 Å². The molecular weight excluding hydrogens is 262 g/mol. The molecule has 2 amide bonds. The average molecular weight is 275 g/mol. The number of carbonyl (C=O) groups is 2. The lowest BCUT2D eigenvalue weighted by molar-refractivity contribution is -0.131. The Bertz CT molecular complexity index is 638. The molecule has 19 heavy (non-hydrogen) atoms. The highest BCUT2D eigenvalue weighted by Crippen LogP contribution is 2.22. The van der Waals surface area contributed by atoms with Crippen LogP contribution in [-0.2, 0) is 9.59 Å². The van der Waals surface area contributed by atoms with Gasteiger partial charge in [-0.25, -0.2) is 0 Å². The van der Waals surface area contributed by atoms with E-state index in [0.29, 0.717) is 13.0 Å². The monoisotopic (exact) mass is 275 g/mol. The van der Waals surface area contributed by atoms with Crippen LogP contribution in [-0.4, -0.2) is 34.2 Å². The summed E-state index contributed by atoms with van der Waals surface area (Å²) in [6.45, 7) is 0.818. The lowest BCUT2D eigenvalue weighted by atomic mass is 10.2. The Balaban J connectivity index is 1.66. The van der Waals surface area contributed by atoms with E-state index in [-0.39, 0.29) is 18.4 Å². The summed E-state index contributed by atoms with van der Waals surface area (Å²) in [5.74, 6) is -0.0922. The van der Waals surface area contributed by atoms with E-state index >= 15 is 0 Å². The number of anilines is 1. The molecule has 1 saturated heterocycles. The summed E-state index contributed by atoms with van der Waals surface area (Å²) in [7, 11) is 0. The molecular formula is C13H13N3O2S. The first-order chi connectivity index (χ1) is 9.22. The van der Waals surface area contributed by atoms with Gasteiger partial charge in [-0.15, -0.1) is 0 Å². The zero-order chi connectivity index (χ0) is 13.2. The van der Waals surface area contributed by atoms with E-state index in [1.807, 2.05) is 18.2 Å². The molecule has 0 aliphatic carbocycles. The van der Waals surface area contributed by atoms with Gasteiger partial charge in [-0.2, -0.15) is 4.37 Å². The molecule has 1 N–H and O–H groups in total. The Morgan fingerprint density at radius 3 is 3.16 bits per heavy atom. The number of rotatable bonds is 3. The molecule has 1 aliphatic heterocycles. The summed E-state index contributed by atoms with van der Waals surface area (Å²) in [6.07, 6.45) is 3.18. The number of amides is 2. The van der Waals surface area contributed by atoms with Crippen LogP contribution >= 0.6 is 11.5 Å². The Morgan fingerprint density at radius 2 is 2.37 bits per heavy atom. The van der Waals surface area contributed by atoms with Crippen molar-refractivity contribution in [2.45, 2.75) is 12.8 Å². The van der Waals surface area contributed by atoms with Gasteiger partial charge in [0.05, 0.1) is 11.2 Å². The van der Waals surface area contributed by atoms with Crippen LogP contribution < -0.4 is 5.32 Å². The average Bonchev–Trinajstić information content (AvgIpc) is 2.98. The van der Waals surface area contributed by atoms with Gasteiger partial charge in [-0.05, 0) is 36.2 Å². The quantitative estimate of drug-likeness (QED) is 0.930. The molecule has 5 nitrogen and oxygen atoms in total. The first-order valence-corrected chi connectivity index (χ1v) is 6.92. The number of benzene rings is 1. The van der Waals surface area contributed by atoms with Crippen LogP contribution in [0.4, 0.5) is 5.69 Å². The van der Waals surface area contributed by atoms with Crippen LogP contribution in [0.5, 0.6) is 0 Å². The summed E-state index contributed by atoms with van der Waals surface area (Å²) < 4.78 is 5.18. The van der Waals surface area contributed by atoms with Gasteiger partial charge in [0.2, 0.25) is 11.8 Å². The summed E-state index contributed by atoms with van der Waals surface area (Å²) >= 11 is 1.43. The van der Waals surface area contributed by atoms with Gasteiger partial charge in [-0.1, -0.05) is 0 Å². The summed E-state index contributed by atoms with van der Waals surface area (Å²) in [4.78, 5) is 24.9. The van der Waals surface area contributed by atoms with E-state index in [0.717, 1.165) is 22.2 Å². The van der Waals surface area contributed by atoms with Crippen LogP contribution in [0, 0.1) is 0 Å². The summed E-state index contributed by atoms with van der Waals surface area (Å²) in [6, 6.07) is 5.68. The lowest BCUT2D eigenvalue weighted by Crippen LogP contribution is -2.33. The second kappa shape index (κ2) is 4.97. The van der Waals surface area contributed by atoms with Crippen LogP contribution in [0.2, 0.25) is 0 Å². The minimum atomic E-state index is -0.155. The highest BCUT2D eigenvalue weighted by Gasteiger charge is 2.22. The molecule has 1 aliphatic rings. The number of likely N-dealkylation sites (tertiary alicyclic amines) is 1. The highest BCUT2D eigenvalue weighted by atomic mass is 32.1. The third kappa shape index (κ3) is 2.58. The maximum atomic E-state index is 11.9. The SMILES string of the molecule is O=C(CN1CCCC1=O)Nc1ccc2sncc2c1. The second-order valence-electron chi connectivity index (χ2n) is 4.55. The minimum absolute atomic E-state index is 0.0626. The van der Waals surface area contributed by atoms with E-state index in [2.05, 4.69) is 9.69 Å². The molecule has 1 aromatic carbocycles. The topological polar surface area (TPSA) is 62.3 Å². The fourth-order valence-corrected chi connectivity index (χ4v) is 2.82. The van der Waals surface area contributed by atoms with Gasteiger partial charge in [0.1, 0.15) is 0 Å². The van der Waals surface area contributed by atoms with Crippen molar-refractivity contribution < 1.29 is 9.59 Å². The summed E-state index contributed by atoms with van der Waals surface area (Å²) in [5, 5.41) is 3.83. The van der Waals surface area contributed by atoms with Crippen LogP contribution in [0.1, 0.15) is 12.8 Å². The van der Waals surface area contributed by atoms with Crippen molar-refractivity contribution in [2.75, 3.05) is 18.4 Å². The van der Waals surface area contributed by atoms with E-state index in [9.17, 15) is 9.59 Å². The van der Waals surface area contributed by atoms with Gasteiger partial charge in [0.25, 0.3) is 0 Å². The molecule has 6 heteroatoms. The normalized spacial score (nSPS) is 15.2. The van der Waals surface area contributed by atoms with Gasteiger partial charge in [0.15, 0.2) is 0 Å². The summed E-state index contributed by atoms with van der Waals surface area (Å²) in [5.41, 5.74) is 0.740. The number of hydrogen-bond donors (Lipinski definition) is 1. The van der Waals surface area contributed by atoms with Crippen molar-refractivity contribution in [1.29, 1.82) is 0 Å². The van der Waals surface area contributed by atoms with Crippen molar-refractivity contribution in [2.24, 2.45) is 0 Å². The van der Waals surface area contributed by atoms with E-state index in [1.54, 1.807) is 11.1 Å².